The maximum atomic E-state index is 6.70. The molecule has 0 saturated heterocycles. The maximum absolute atomic E-state index is 6.70. The van der Waals surface area contributed by atoms with Gasteiger partial charge in [-0.3, -0.25) is 0 Å². The first-order valence-electron chi connectivity index (χ1n) is 26.9. The molecule has 348 valence electrons. The van der Waals surface area contributed by atoms with Crippen LogP contribution in [-0.2, 0) is 10.8 Å². The Kier molecular flexibility index (Phi) is 10.1. The molecule has 72 heavy (non-hydrogen) atoms. The normalized spacial score (nSPS) is 15.1. The number of fused-ring (bicyclic) bond motifs is 12. The molecule has 9 aromatic carbocycles. The van der Waals surface area contributed by atoms with Gasteiger partial charge in [0.05, 0.1) is 0 Å². The van der Waals surface area contributed by atoms with Crippen molar-refractivity contribution in [3.05, 3.63) is 210 Å². The molecule has 0 amide bonds. The average Bonchev–Trinajstić information content (AvgIpc) is 3.83. The van der Waals surface area contributed by atoms with Crippen LogP contribution in [0.5, 0.6) is 11.5 Å². The Hall–Kier alpha value is -7.29. The second-order valence-electron chi connectivity index (χ2n) is 21.9. The van der Waals surface area contributed by atoms with Crippen LogP contribution in [0.3, 0.4) is 0 Å². The monoisotopic (exact) mass is 927 g/mol. The van der Waals surface area contributed by atoms with Gasteiger partial charge in [0.15, 0.2) is 0 Å². The van der Waals surface area contributed by atoms with Crippen LogP contribution >= 0.6 is 0 Å². The quantitative estimate of drug-likeness (QED) is 0.0947. The maximum Gasteiger partial charge on any atom is 0.249 e. The summed E-state index contributed by atoms with van der Waals surface area (Å²) in [6, 6.07) is 72.0. The lowest BCUT2D eigenvalue weighted by molar-refractivity contribution is 0.405. The number of anilines is 3. The fraction of sp³-hybridized carbons (Fsp3) is 0.206. The van der Waals surface area contributed by atoms with Crippen LogP contribution in [0.1, 0.15) is 101 Å². The van der Waals surface area contributed by atoms with Crippen molar-refractivity contribution >= 4 is 63.3 Å². The lowest BCUT2D eigenvalue weighted by atomic mass is 9.20. The van der Waals surface area contributed by atoms with E-state index in [2.05, 4.69) is 221 Å². The molecule has 3 aliphatic heterocycles. The number of hydrogen-bond acceptors (Lipinski definition) is 2. The number of ether oxygens (including phenoxy) is 1. The largest absolute Gasteiger partial charge is 0.458 e. The van der Waals surface area contributed by atoms with Crippen LogP contribution in [0.25, 0.3) is 44.5 Å². The predicted molar refractivity (Wildman–Crippen MR) is 306 cm³/mol. The summed E-state index contributed by atoms with van der Waals surface area (Å²) in [5.74, 6) is 1.92. The van der Waals surface area contributed by atoms with Crippen LogP contribution in [0.15, 0.2) is 188 Å². The lowest BCUT2D eigenvalue weighted by Gasteiger charge is -2.43. The second-order valence-corrected chi connectivity index (χ2v) is 21.9. The van der Waals surface area contributed by atoms with E-state index in [4.69, 9.17) is 4.74 Å². The van der Waals surface area contributed by atoms with E-state index in [9.17, 15) is 0 Å². The molecule has 0 unspecified atom stereocenters. The van der Waals surface area contributed by atoms with E-state index in [0.717, 1.165) is 11.5 Å². The third-order valence-corrected chi connectivity index (χ3v) is 17.7. The van der Waals surface area contributed by atoms with Crippen LogP contribution in [0.2, 0.25) is 0 Å². The number of benzene rings is 9. The van der Waals surface area contributed by atoms with Gasteiger partial charge in [-0.15, -0.1) is 0 Å². The first kappa shape index (κ1) is 43.5. The third kappa shape index (κ3) is 6.30. The molecular weight excluding hydrogens is 868 g/mol. The van der Waals surface area contributed by atoms with Gasteiger partial charge in [-0.25, -0.2) is 0 Å². The SMILES string of the molecule is CCCCCC1(CCCCC)c2ccccc2-c2ccc(-c3ccc4c(c3)C(C)(C)c3cc(-c5ccc6c(c5)N(c5ccccc5)c5cccc7c5B6c5cccc6c5B7c5ccccc5O6)ccc3-4)cc21. The average molecular weight is 928 g/mol. The van der Waals surface area contributed by atoms with E-state index in [1.54, 1.807) is 11.1 Å². The van der Waals surface area contributed by atoms with Crippen molar-refractivity contribution in [3.8, 4) is 56.0 Å². The molecule has 0 radical (unpaired) electrons. The zero-order chi connectivity index (χ0) is 48.3. The van der Waals surface area contributed by atoms with Gasteiger partial charge in [-0.2, -0.15) is 0 Å². The summed E-state index contributed by atoms with van der Waals surface area (Å²) in [4.78, 5) is 2.53. The van der Waals surface area contributed by atoms with Crippen molar-refractivity contribution in [3.63, 3.8) is 0 Å². The summed E-state index contributed by atoms with van der Waals surface area (Å²) >= 11 is 0. The number of unbranched alkanes of at least 4 members (excludes halogenated alkanes) is 4. The summed E-state index contributed by atoms with van der Waals surface area (Å²) in [7, 11) is 0. The van der Waals surface area contributed by atoms with Gasteiger partial charge >= 0.3 is 0 Å². The first-order valence-corrected chi connectivity index (χ1v) is 26.9. The highest BCUT2D eigenvalue weighted by atomic mass is 16.5. The highest BCUT2D eigenvalue weighted by Crippen LogP contribution is 2.56. The van der Waals surface area contributed by atoms with E-state index in [-0.39, 0.29) is 24.3 Å². The molecule has 2 aliphatic carbocycles. The van der Waals surface area contributed by atoms with Crippen molar-refractivity contribution < 1.29 is 4.74 Å². The molecule has 0 bridgehead atoms. The third-order valence-electron chi connectivity index (χ3n) is 17.7. The second kappa shape index (κ2) is 16.6. The molecule has 5 aliphatic rings. The van der Waals surface area contributed by atoms with E-state index in [1.807, 2.05) is 0 Å². The van der Waals surface area contributed by atoms with Gasteiger partial charge in [0.2, 0.25) is 13.4 Å². The minimum atomic E-state index is -0.181. The number of hydrogen-bond donors (Lipinski definition) is 0. The standard InChI is InChI=1S/C68H59B2NO/c1-5-7-16-38-68(39-17-8-6-2)53-23-13-12-22-49(53)52-36-32-46(42-56(52)68)44-30-34-50-51-35-31-45(41-55(51)67(3,4)54(50)40-44)47-33-37-57-62(43-47)71(48-20-10-9-11-21-48)61-27-18-25-59-65(61)69(57)60-26-19-29-64-66(60)70(59)58-24-14-15-28-63(58)72-64/h9-15,18-37,40-43H,5-8,16-17,38-39H2,1-4H3. The van der Waals surface area contributed by atoms with Crippen LogP contribution in [-0.4, -0.2) is 13.4 Å². The smallest absolute Gasteiger partial charge is 0.249 e. The van der Waals surface area contributed by atoms with Crippen LogP contribution < -0.4 is 42.4 Å². The predicted octanol–water partition coefficient (Wildman–Crippen LogP) is 14.0. The molecule has 4 heteroatoms. The zero-order valence-electron chi connectivity index (χ0n) is 42.1. The van der Waals surface area contributed by atoms with Crippen LogP contribution in [0.4, 0.5) is 17.1 Å². The molecule has 0 spiro atoms. The minimum Gasteiger partial charge on any atom is -0.458 e. The van der Waals surface area contributed by atoms with E-state index < -0.39 is 0 Å². The summed E-state index contributed by atoms with van der Waals surface area (Å²) in [5, 5.41) is 0. The molecule has 0 fully saturated rings. The van der Waals surface area contributed by atoms with Gasteiger partial charge in [0, 0.05) is 27.9 Å². The number of nitrogens with zero attached hydrogens (tertiary/aromatic N) is 1. The topological polar surface area (TPSA) is 12.5 Å². The van der Waals surface area contributed by atoms with Gasteiger partial charge in [-0.1, -0.05) is 211 Å². The Morgan fingerprint density at radius 1 is 0.403 bits per heavy atom. The van der Waals surface area contributed by atoms with Crippen molar-refractivity contribution in [1.82, 2.24) is 0 Å². The Morgan fingerprint density at radius 2 is 0.931 bits per heavy atom. The highest BCUT2D eigenvalue weighted by Gasteiger charge is 2.48. The Morgan fingerprint density at radius 3 is 1.64 bits per heavy atom. The molecule has 0 atom stereocenters. The van der Waals surface area contributed by atoms with Gasteiger partial charge in [0.25, 0.3) is 0 Å². The molecule has 0 aromatic heterocycles. The highest BCUT2D eigenvalue weighted by molar-refractivity contribution is 7.13. The lowest BCUT2D eigenvalue weighted by Crippen LogP contribution is -2.77. The van der Waals surface area contributed by atoms with Crippen LogP contribution in [0, 0.1) is 0 Å². The Bertz CT molecular complexity index is 3650. The molecule has 0 saturated carbocycles. The van der Waals surface area contributed by atoms with Crippen molar-refractivity contribution in [2.45, 2.75) is 89.9 Å². The van der Waals surface area contributed by atoms with Crippen molar-refractivity contribution in [2.24, 2.45) is 0 Å². The van der Waals surface area contributed by atoms with Crippen molar-refractivity contribution in [2.75, 3.05) is 4.90 Å². The molecule has 0 N–H and O–H groups in total. The summed E-state index contributed by atoms with van der Waals surface area (Å²) in [6.45, 7) is 9.72. The Labute approximate surface area is 426 Å². The minimum absolute atomic E-state index is 0.0679. The number of rotatable bonds is 11. The molecular formula is C68H59B2NO. The summed E-state index contributed by atoms with van der Waals surface area (Å²) < 4.78 is 6.70. The molecule has 14 rings (SSSR count). The van der Waals surface area contributed by atoms with Gasteiger partial charge in [0.1, 0.15) is 11.5 Å². The Balaban J connectivity index is 0.852. The molecule has 9 aromatic rings. The van der Waals surface area contributed by atoms with Crippen molar-refractivity contribution in [1.29, 1.82) is 0 Å². The van der Waals surface area contributed by atoms with Gasteiger partial charge < -0.3 is 9.64 Å². The summed E-state index contributed by atoms with van der Waals surface area (Å²) in [6.07, 6.45) is 10.0. The van der Waals surface area contributed by atoms with E-state index in [0.29, 0.717) is 0 Å². The molecule has 3 heterocycles. The fourth-order valence-electron chi connectivity index (χ4n) is 14.3. The number of para-hydroxylation sites is 2. The van der Waals surface area contributed by atoms with Gasteiger partial charge in [-0.05, 0) is 156 Å². The fourth-order valence-corrected chi connectivity index (χ4v) is 14.3. The van der Waals surface area contributed by atoms with E-state index >= 15 is 0 Å². The summed E-state index contributed by atoms with van der Waals surface area (Å²) in [5.41, 5.74) is 28.1. The molecule has 2 nitrogen and oxygen atoms in total. The zero-order valence-corrected chi connectivity index (χ0v) is 42.1. The van der Waals surface area contributed by atoms with E-state index in [1.165, 1.54) is 157 Å². The first-order chi connectivity index (χ1) is 35.4.